The third-order valence-electron chi connectivity index (χ3n) is 4.82. The Morgan fingerprint density at radius 3 is 1.89 bits per heavy atom. The average molecular weight is 386 g/mol. The zero-order valence-corrected chi connectivity index (χ0v) is 17.3. The van der Waals surface area contributed by atoms with E-state index >= 15 is 0 Å². The van der Waals surface area contributed by atoms with Crippen LogP contribution in [-0.4, -0.2) is 51.8 Å². The predicted octanol–water partition coefficient (Wildman–Crippen LogP) is 3.53. The highest BCUT2D eigenvalue weighted by molar-refractivity contribution is 5.95. The second-order valence-corrected chi connectivity index (χ2v) is 6.32. The molecular weight excluding hydrogens is 356 g/mol. The van der Waals surface area contributed by atoms with Gasteiger partial charge < -0.3 is 19.5 Å². The van der Waals surface area contributed by atoms with Crippen LogP contribution in [0.1, 0.15) is 35.8 Å². The number of nitrogens with zero attached hydrogens (tertiary/aromatic N) is 1. The first-order valence-electron chi connectivity index (χ1n) is 9.45. The molecule has 6 nitrogen and oxygen atoms in total. The highest BCUT2D eigenvalue weighted by Crippen LogP contribution is 2.24. The molecule has 28 heavy (non-hydrogen) atoms. The Morgan fingerprint density at radius 1 is 0.893 bits per heavy atom. The van der Waals surface area contributed by atoms with E-state index in [9.17, 15) is 4.79 Å². The minimum atomic E-state index is -0.164. The number of amides is 1. The largest absolute Gasteiger partial charge is 0.497 e. The van der Waals surface area contributed by atoms with Gasteiger partial charge in [-0.05, 0) is 42.9 Å². The number of nitrogens with one attached hydrogen (secondary N) is 1. The topological polar surface area (TPSA) is 60.0 Å². The SMILES string of the molecule is CCN(CC)C(CNC(=O)c1cc(OC)cc(OC)c1)c1ccc(OC)cc1. The highest BCUT2D eigenvalue weighted by Gasteiger charge is 2.20. The predicted molar refractivity (Wildman–Crippen MR) is 111 cm³/mol. The van der Waals surface area contributed by atoms with E-state index in [1.165, 1.54) is 0 Å². The number of hydrogen-bond donors (Lipinski definition) is 1. The molecule has 0 aliphatic carbocycles. The molecule has 2 aromatic carbocycles. The molecule has 2 rings (SSSR count). The molecule has 0 radical (unpaired) electrons. The number of likely N-dealkylation sites (N-methyl/N-ethyl adjacent to an activating group) is 1. The summed E-state index contributed by atoms with van der Waals surface area (Å²) in [7, 11) is 4.78. The second-order valence-electron chi connectivity index (χ2n) is 6.32. The Hall–Kier alpha value is -2.73. The number of benzene rings is 2. The van der Waals surface area contributed by atoms with Crippen LogP contribution < -0.4 is 19.5 Å². The van der Waals surface area contributed by atoms with Crippen LogP contribution in [0.3, 0.4) is 0 Å². The Bertz CT molecular complexity index is 735. The fraction of sp³-hybridized carbons (Fsp3) is 0.409. The fourth-order valence-corrected chi connectivity index (χ4v) is 3.18. The summed E-state index contributed by atoms with van der Waals surface area (Å²) in [5.41, 5.74) is 1.64. The molecule has 6 heteroatoms. The van der Waals surface area contributed by atoms with E-state index in [0.29, 0.717) is 23.6 Å². The van der Waals surface area contributed by atoms with Crippen molar-refractivity contribution in [2.24, 2.45) is 0 Å². The molecule has 0 aliphatic heterocycles. The van der Waals surface area contributed by atoms with Gasteiger partial charge in [-0.2, -0.15) is 0 Å². The zero-order chi connectivity index (χ0) is 20.5. The number of carbonyl (C=O) groups is 1. The van der Waals surface area contributed by atoms with Crippen LogP contribution in [0.2, 0.25) is 0 Å². The van der Waals surface area contributed by atoms with Gasteiger partial charge in [-0.15, -0.1) is 0 Å². The van der Waals surface area contributed by atoms with Crippen molar-refractivity contribution >= 4 is 5.91 Å². The molecule has 0 saturated carbocycles. The molecule has 2 aromatic rings. The van der Waals surface area contributed by atoms with Crippen molar-refractivity contribution in [3.63, 3.8) is 0 Å². The third kappa shape index (κ3) is 5.39. The first-order chi connectivity index (χ1) is 13.6. The molecular formula is C22H30N2O4. The molecule has 0 saturated heterocycles. The highest BCUT2D eigenvalue weighted by atomic mass is 16.5. The number of rotatable bonds is 10. The summed E-state index contributed by atoms with van der Waals surface area (Å²) in [6, 6.07) is 13.2. The van der Waals surface area contributed by atoms with Gasteiger partial charge in [0.1, 0.15) is 17.2 Å². The van der Waals surface area contributed by atoms with Crippen LogP contribution in [0.4, 0.5) is 0 Å². The Kier molecular flexibility index (Phi) is 8.14. The van der Waals surface area contributed by atoms with Crippen LogP contribution in [0.5, 0.6) is 17.2 Å². The monoisotopic (exact) mass is 386 g/mol. The summed E-state index contributed by atoms with van der Waals surface area (Å²) >= 11 is 0. The zero-order valence-electron chi connectivity index (χ0n) is 17.3. The minimum Gasteiger partial charge on any atom is -0.497 e. The lowest BCUT2D eigenvalue weighted by Crippen LogP contribution is -2.38. The molecule has 152 valence electrons. The molecule has 1 atom stereocenters. The van der Waals surface area contributed by atoms with E-state index in [2.05, 4.69) is 24.1 Å². The quantitative estimate of drug-likeness (QED) is 0.677. The van der Waals surface area contributed by atoms with E-state index in [1.54, 1.807) is 39.5 Å². The van der Waals surface area contributed by atoms with Crippen molar-refractivity contribution in [1.82, 2.24) is 10.2 Å². The molecule has 1 amide bonds. The lowest BCUT2D eigenvalue weighted by molar-refractivity contribution is 0.0934. The Labute approximate surface area is 167 Å². The standard InChI is InChI=1S/C22H30N2O4/c1-6-24(7-2)21(16-8-10-18(26-3)11-9-16)15-23-22(25)17-12-19(27-4)14-20(13-17)28-5/h8-14,21H,6-7,15H2,1-5H3,(H,23,25). The molecule has 1 N–H and O–H groups in total. The number of ether oxygens (including phenoxy) is 3. The van der Waals surface area contributed by atoms with Gasteiger partial charge in [0.2, 0.25) is 0 Å². The summed E-state index contributed by atoms with van der Waals surface area (Å²) < 4.78 is 15.8. The fourth-order valence-electron chi connectivity index (χ4n) is 3.18. The first kappa shape index (κ1) is 21.6. The maximum Gasteiger partial charge on any atom is 0.251 e. The van der Waals surface area contributed by atoms with Gasteiger partial charge in [0.05, 0.1) is 27.4 Å². The Balaban J connectivity index is 2.19. The molecule has 1 unspecified atom stereocenters. The van der Waals surface area contributed by atoms with E-state index in [4.69, 9.17) is 14.2 Å². The number of carbonyl (C=O) groups excluding carboxylic acids is 1. The van der Waals surface area contributed by atoms with Crippen molar-refractivity contribution < 1.29 is 19.0 Å². The second kappa shape index (κ2) is 10.6. The normalized spacial score (nSPS) is 11.8. The van der Waals surface area contributed by atoms with Gasteiger partial charge >= 0.3 is 0 Å². The van der Waals surface area contributed by atoms with Gasteiger partial charge in [0.15, 0.2) is 0 Å². The number of methoxy groups -OCH3 is 3. The van der Waals surface area contributed by atoms with Crippen molar-refractivity contribution in [3.8, 4) is 17.2 Å². The van der Waals surface area contributed by atoms with E-state index < -0.39 is 0 Å². The maximum absolute atomic E-state index is 12.8. The smallest absolute Gasteiger partial charge is 0.251 e. The average Bonchev–Trinajstić information content (AvgIpc) is 2.76. The Morgan fingerprint density at radius 2 is 1.43 bits per heavy atom. The van der Waals surface area contributed by atoms with Gasteiger partial charge in [0, 0.05) is 18.2 Å². The van der Waals surface area contributed by atoms with Crippen molar-refractivity contribution in [2.45, 2.75) is 19.9 Å². The first-order valence-corrected chi connectivity index (χ1v) is 9.45. The van der Waals surface area contributed by atoms with Gasteiger partial charge in [-0.25, -0.2) is 0 Å². The van der Waals surface area contributed by atoms with Gasteiger partial charge in [-0.1, -0.05) is 26.0 Å². The molecule has 0 spiro atoms. The summed E-state index contributed by atoms with van der Waals surface area (Å²) in [5, 5.41) is 3.05. The molecule has 0 bridgehead atoms. The van der Waals surface area contributed by atoms with Crippen molar-refractivity contribution in [2.75, 3.05) is 41.0 Å². The molecule has 0 heterocycles. The number of hydrogen-bond acceptors (Lipinski definition) is 5. The lowest BCUT2D eigenvalue weighted by atomic mass is 10.0. The minimum absolute atomic E-state index is 0.0670. The van der Waals surface area contributed by atoms with Crippen LogP contribution in [0.25, 0.3) is 0 Å². The van der Waals surface area contributed by atoms with Crippen LogP contribution in [0, 0.1) is 0 Å². The van der Waals surface area contributed by atoms with E-state index in [-0.39, 0.29) is 11.9 Å². The molecule has 0 fully saturated rings. The van der Waals surface area contributed by atoms with Crippen molar-refractivity contribution in [1.29, 1.82) is 0 Å². The summed E-state index contributed by atoms with van der Waals surface area (Å²) in [4.78, 5) is 15.1. The van der Waals surface area contributed by atoms with Gasteiger partial charge in [0.25, 0.3) is 5.91 Å². The maximum atomic E-state index is 12.8. The van der Waals surface area contributed by atoms with Crippen LogP contribution >= 0.6 is 0 Å². The van der Waals surface area contributed by atoms with Gasteiger partial charge in [-0.3, -0.25) is 9.69 Å². The van der Waals surface area contributed by atoms with Crippen LogP contribution in [0.15, 0.2) is 42.5 Å². The van der Waals surface area contributed by atoms with Crippen molar-refractivity contribution in [3.05, 3.63) is 53.6 Å². The summed E-state index contributed by atoms with van der Waals surface area (Å²) in [6.45, 7) is 6.50. The summed E-state index contributed by atoms with van der Waals surface area (Å²) in [6.07, 6.45) is 0. The van der Waals surface area contributed by atoms with Crippen LogP contribution in [-0.2, 0) is 0 Å². The lowest BCUT2D eigenvalue weighted by Gasteiger charge is -2.30. The van der Waals surface area contributed by atoms with E-state index in [1.807, 2.05) is 24.3 Å². The van der Waals surface area contributed by atoms with E-state index in [0.717, 1.165) is 24.4 Å². The third-order valence-corrected chi connectivity index (χ3v) is 4.82. The summed E-state index contributed by atoms with van der Waals surface area (Å²) in [5.74, 6) is 1.82. The molecule has 0 aliphatic rings. The molecule has 0 aromatic heterocycles.